The van der Waals surface area contributed by atoms with Gasteiger partial charge in [-0.2, -0.15) is 5.10 Å². The minimum Gasteiger partial charge on any atom is -0.455 e. The lowest BCUT2D eigenvalue weighted by molar-refractivity contribution is -0.114. The molecule has 1 aliphatic heterocycles. The number of likely N-dealkylation sites (N-methyl/N-ethyl adjacent to an activating group) is 1. The van der Waals surface area contributed by atoms with Crippen LogP contribution < -0.4 is 20.3 Å². The van der Waals surface area contributed by atoms with Crippen LogP contribution in [0.15, 0.2) is 67.0 Å². The molecule has 0 unspecified atom stereocenters. The Morgan fingerprint density at radius 1 is 1.15 bits per heavy atom. The second-order valence-electron chi connectivity index (χ2n) is 8.69. The predicted octanol–water partition coefficient (Wildman–Crippen LogP) is 4.28. The van der Waals surface area contributed by atoms with Crippen LogP contribution in [0.25, 0.3) is 16.6 Å². The molecule has 2 N–H and O–H groups in total. The van der Waals surface area contributed by atoms with Crippen LogP contribution in [0.3, 0.4) is 0 Å². The number of pyridine rings is 2. The number of amides is 1. The maximum Gasteiger partial charge on any atom is 0.255 e. The maximum atomic E-state index is 15.2. The highest BCUT2D eigenvalue weighted by atomic mass is 35.5. The van der Waals surface area contributed by atoms with Gasteiger partial charge in [-0.05, 0) is 31.7 Å². The summed E-state index contributed by atoms with van der Waals surface area (Å²) in [6, 6.07) is 7.66. The monoisotopic (exact) mass is 545 g/mol. The lowest BCUT2D eigenvalue weighted by atomic mass is 10.2. The Labute approximate surface area is 226 Å². The summed E-state index contributed by atoms with van der Waals surface area (Å²) in [5.74, 6) is 0.664. The molecule has 0 saturated carbocycles. The summed E-state index contributed by atoms with van der Waals surface area (Å²) in [4.78, 5) is 31.6. The number of carbonyl (C=O) groups is 1. The van der Waals surface area contributed by atoms with Gasteiger partial charge in [0.05, 0.1) is 22.4 Å². The third-order valence-electron chi connectivity index (χ3n) is 6.22. The lowest BCUT2D eigenvalue weighted by Gasteiger charge is -2.16. The van der Waals surface area contributed by atoms with Gasteiger partial charge >= 0.3 is 0 Å². The van der Waals surface area contributed by atoms with E-state index in [4.69, 9.17) is 16.3 Å². The molecule has 13 heteroatoms. The Hall–Kier alpha value is -4.68. The minimum atomic E-state index is -0.604. The molecule has 0 spiro atoms. The molecular weight excluding hydrogens is 525 g/mol. The number of nitrogens with one attached hydrogen (secondary N) is 2. The van der Waals surface area contributed by atoms with Crippen LogP contribution in [-0.4, -0.2) is 55.6 Å². The Morgan fingerprint density at radius 3 is 2.92 bits per heavy atom. The number of carbonyl (C=O) groups excluding carboxylic acids is 1. The number of fused-ring (bicyclic) bond motifs is 2. The molecule has 5 heterocycles. The zero-order valence-electron chi connectivity index (χ0n) is 20.6. The number of anilines is 3. The highest BCUT2D eigenvalue weighted by molar-refractivity contribution is 6.32. The molecule has 1 aromatic carbocycles. The summed E-state index contributed by atoms with van der Waals surface area (Å²) in [6.07, 6.45) is 8.52. The molecule has 11 nitrogen and oxygen atoms in total. The molecule has 0 bridgehead atoms. The summed E-state index contributed by atoms with van der Waals surface area (Å²) >= 11 is 6.45. The van der Waals surface area contributed by atoms with Gasteiger partial charge in [0.15, 0.2) is 5.65 Å². The van der Waals surface area contributed by atoms with E-state index >= 15 is 4.39 Å². The number of hydrogen-bond donors (Lipinski definition) is 2. The first-order chi connectivity index (χ1) is 19.0. The molecule has 0 aliphatic carbocycles. The molecule has 1 fully saturated rings. The van der Waals surface area contributed by atoms with E-state index < -0.39 is 5.82 Å². The fourth-order valence-electron chi connectivity index (χ4n) is 4.26. The fraction of sp³-hybridized carbons (Fsp3) is 0.154. The summed E-state index contributed by atoms with van der Waals surface area (Å²) < 4.78 is 22.6. The summed E-state index contributed by atoms with van der Waals surface area (Å²) in [5.41, 5.74) is 1.93. The minimum absolute atomic E-state index is 0.0909. The van der Waals surface area contributed by atoms with Gasteiger partial charge in [-0.25, -0.2) is 28.8 Å². The lowest BCUT2D eigenvalue weighted by Crippen LogP contribution is -2.25. The van der Waals surface area contributed by atoms with Gasteiger partial charge in [-0.3, -0.25) is 9.69 Å². The van der Waals surface area contributed by atoms with Crippen molar-refractivity contribution in [2.75, 3.05) is 30.4 Å². The first-order valence-electron chi connectivity index (χ1n) is 12.0. The third-order valence-corrected chi connectivity index (χ3v) is 6.51. The van der Waals surface area contributed by atoms with Gasteiger partial charge < -0.3 is 15.4 Å². The first-order valence-corrected chi connectivity index (χ1v) is 12.4. The number of benzene rings is 1. The molecule has 1 amide bonds. The normalized spacial score (nSPS) is 14.6. The summed E-state index contributed by atoms with van der Waals surface area (Å²) in [5, 5.41) is 10.8. The quantitative estimate of drug-likeness (QED) is 0.288. The van der Waals surface area contributed by atoms with Crippen molar-refractivity contribution in [3.63, 3.8) is 0 Å². The van der Waals surface area contributed by atoms with Crippen LogP contribution in [0.2, 0.25) is 5.02 Å². The third kappa shape index (κ3) is 4.82. The number of ether oxygens (including phenoxy) is 1. The number of aromatic nitrogens is 6. The average molecular weight is 546 g/mol. The smallest absolute Gasteiger partial charge is 0.255 e. The molecular formula is C26H21ClFN9O2. The van der Waals surface area contributed by atoms with Crippen LogP contribution in [-0.2, 0) is 4.79 Å². The average Bonchev–Trinajstić information content (AvgIpc) is 3.56. The number of hydrogen-bond acceptors (Lipinski definition) is 9. The van der Waals surface area contributed by atoms with Crippen molar-refractivity contribution >= 4 is 51.4 Å². The van der Waals surface area contributed by atoms with Gasteiger partial charge in [0, 0.05) is 42.4 Å². The zero-order chi connectivity index (χ0) is 26.9. The van der Waals surface area contributed by atoms with Crippen LogP contribution in [0.1, 0.15) is 6.42 Å². The van der Waals surface area contributed by atoms with E-state index in [1.807, 2.05) is 13.1 Å². The molecule has 6 rings (SSSR count). The van der Waals surface area contributed by atoms with Crippen LogP contribution >= 0.6 is 11.6 Å². The fourth-order valence-corrected chi connectivity index (χ4v) is 4.46. The Balaban J connectivity index is 1.27. The SMILES string of the molecule is CNC/C=C1\CCN(c2cc3c(Nc4cc(Cl)c(Oc5ccn6ncnc6c5)cc4F)ncnc3cn2)C1=O. The molecule has 4 aromatic heterocycles. The molecule has 196 valence electrons. The van der Waals surface area contributed by atoms with E-state index in [0.29, 0.717) is 53.4 Å². The van der Waals surface area contributed by atoms with Crippen LogP contribution in [0.4, 0.5) is 21.7 Å². The van der Waals surface area contributed by atoms with Gasteiger partial charge in [-0.15, -0.1) is 0 Å². The Bertz CT molecular complexity index is 1760. The van der Waals surface area contributed by atoms with Gasteiger partial charge in [0.2, 0.25) is 0 Å². The molecule has 0 radical (unpaired) electrons. The van der Waals surface area contributed by atoms with Crippen molar-refractivity contribution in [2.24, 2.45) is 0 Å². The first kappa shape index (κ1) is 24.6. The van der Waals surface area contributed by atoms with Gasteiger partial charge in [-0.1, -0.05) is 17.7 Å². The van der Waals surface area contributed by atoms with Crippen molar-refractivity contribution in [1.29, 1.82) is 0 Å². The largest absolute Gasteiger partial charge is 0.455 e. The topological polar surface area (TPSA) is 122 Å². The van der Waals surface area contributed by atoms with Gasteiger partial charge in [0.25, 0.3) is 5.91 Å². The zero-order valence-corrected chi connectivity index (χ0v) is 21.4. The van der Waals surface area contributed by atoms with Crippen molar-refractivity contribution in [3.8, 4) is 11.5 Å². The standard InChI is InChI=1S/C26H21ClFN9O2/c1-29-5-2-15-3-6-36(26(15)38)23-9-17-21(12-30-23)31-13-33-25(17)35-20-10-18(27)22(11-19(20)28)39-16-4-7-37-24(8-16)32-14-34-37/h2,4,7-14,29H,3,5-6H2,1H3,(H,31,33,35)/b15-2+. The van der Waals surface area contributed by atoms with E-state index in [-0.39, 0.29) is 22.4 Å². The van der Waals surface area contributed by atoms with E-state index in [1.54, 1.807) is 40.0 Å². The highest BCUT2D eigenvalue weighted by Crippen LogP contribution is 2.36. The van der Waals surface area contributed by atoms with E-state index in [9.17, 15) is 4.79 Å². The van der Waals surface area contributed by atoms with E-state index in [2.05, 4.69) is 35.7 Å². The van der Waals surface area contributed by atoms with Crippen LogP contribution in [0, 0.1) is 5.82 Å². The van der Waals surface area contributed by atoms with Crippen molar-refractivity contribution in [3.05, 3.63) is 77.9 Å². The molecule has 5 aromatic rings. The highest BCUT2D eigenvalue weighted by Gasteiger charge is 2.28. The molecule has 1 saturated heterocycles. The second kappa shape index (κ2) is 10.2. The van der Waals surface area contributed by atoms with Crippen molar-refractivity contribution < 1.29 is 13.9 Å². The molecule has 39 heavy (non-hydrogen) atoms. The molecule has 1 aliphatic rings. The number of nitrogens with zero attached hydrogens (tertiary/aromatic N) is 7. The van der Waals surface area contributed by atoms with E-state index in [0.717, 1.165) is 5.57 Å². The molecule has 0 atom stereocenters. The predicted molar refractivity (Wildman–Crippen MR) is 144 cm³/mol. The Morgan fingerprint density at radius 2 is 2.05 bits per heavy atom. The summed E-state index contributed by atoms with van der Waals surface area (Å²) in [7, 11) is 1.82. The number of halogens is 2. The second-order valence-corrected chi connectivity index (χ2v) is 9.10. The Kier molecular flexibility index (Phi) is 6.47. The van der Waals surface area contributed by atoms with Crippen molar-refractivity contribution in [1.82, 2.24) is 34.9 Å². The summed E-state index contributed by atoms with van der Waals surface area (Å²) in [6.45, 7) is 1.12. The van der Waals surface area contributed by atoms with Gasteiger partial charge in [0.1, 0.15) is 41.6 Å². The van der Waals surface area contributed by atoms with Crippen molar-refractivity contribution in [2.45, 2.75) is 6.42 Å². The van der Waals surface area contributed by atoms with Crippen LogP contribution in [0.5, 0.6) is 11.5 Å². The number of rotatable bonds is 7. The maximum absolute atomic E-state index is 15.2. The van der Waals surface area contributed by atoms with E-state index in [1.165, 1.54) is 24.8 Å².